The van der Waals surface area contributed by atoms with Crippen LogP contribution in [0.4, 0.5) is 17.2 Å². The minimum atomic E-state index is -0.0207. The summed E-state index contributed by atoms with van der Waals surface area (Å²) in [4.78, 5) is 12.0. The topological polar surface area (TPSA) is 49.2 Å². The van der Waals surface area contributed by atoms with Crippen molar-refractivity contribution in [3.63, 3.8) is 0 Å². The SMILES string of the molecule is CC(C)(C)c1cc(-c2cc(-c3cccc(N(c4ccccc4)c4ccccn4)c3)nc(-c3ccccc3O)c2)cc(C(C)(C)C)c1. The van der Waals surface area contributed by atoms with Crippen LogP contribution in [0.15, 0.2) is 134 Å². The summed E-state index contributed by atoms with van der Waals surface area (Å²) < 4.78 is 0. The Bertz CT molecular complexity index is 1900. The van der Waals surface area contributed by atoms with Gasteiger partial charge in [-0.1, -0.05) is 108 Å². The number of benzene rings is 4. The summed E-state index contributed by atoms with van der Waals surface area (Å²) in [6, 6.07) is 43.3. The Labute approximate surface area is 273 Å². The number of hydrogen-bond donors (Lipinski definition) is 1. The first-order valence-electron chi connectivity index (χ1n) is 15.8. The maximum Gasteiger partial charge on any atom is 0.137 e. The fraction of sp³-hybridized carbons (Fsp3) is 0.190. The number of anilines is 3. The molecule has 0 aliphatic carbocycles. The summed E-state index contributed by atoms with van der Waals surface area (Å²) in [5.74, 6) is 1.03. The molecule has 0 atom stereocenters. The average molecular weight is 604 g/mol. The standard InChI is InChI=1S/C42H41N3O/c1-41(2,3)32-23-30(24-33(28-32)42(4,5)6)31-26-37(44-38(27-31)36-19-10-11-20-39(36)46)29-15-14-18-35(25-29)45(34-16-8-7-9-17-34)40-21-12-13-22-43-40/h7-28,46H,1-6H3. The molecule has 0 spiro atoms. The molecule has 0 unspecified atom stereocenters. The molecule has 4 nitrogen and oxygen atoms in total. The van der Waals surface area contributed by atoms with E-state index in [-0.39, 0.29) is 16.6 Å². The van der Waals surface area contributed by atoms with Crippen LogP contribution in [-0.2, 0) is 10.8 Å². The lowest BCUT2D eigenvalue weighted by Gasteiger charge is -2.26. The summed E-state index contributed by atoms with van der Waals surface area (Å²) in [5, 5.41) is 10.9. The highest BCUT2D eigenvalue weighted by Crippen LogP contribution is 2.39. The van der Waals surface area contributed by atoms with E-state index in [0.29, 0.717) is 5.56 Å². The maximum atomic E-state index is 10.9. The number of pyridine rings is 2. The van der Waals surface area contributed by atoms with Crippen molar-refractivity contribution in [3.8, 4) is 39.4 Å². The van der Waals surface area contributed by atoms with Gasteiger partial charge in [0.1, 0.15) is 11.6 Å². The van der Waals surface area contributed by atoms with Crippen LogP contribution in [0, 0.1) is 0 Å². The smallest absolute Gasteiger partial charge is 0.137 e. The number of para-hydroxylation sites is 2. The molecular weight excluding hydrogens is 562 g/mol. The van der Waals surface area contributed by atoms with Crippen molar-refractivity contribution >= 4 is 17.2 Å². The predicted molar refractivity (Wildman–Crippen MR) is 192 cm³/mol. The Balaban J connectivity index is 1.56. The van der Waals surface area contributed by atoms with Crippen molar-refractivity contribution in [2.45, 2.75) is 52.4 Å². The number of phenolic OH excluding ortho intramolecular Hbond substituents is 1. The molecule has 4 aromatic carbocycles. The lowest BCUT2D eigenvalue weighted by atomic mass is 9.79. The largest absolute Gasteiger partial charge is 0.507 e. The quantitative estimate of drug-likeness (QED) is 0.206. The van der Waals surface area contributed by atoms with E-state index in [1.54, 1.807) is 6.07 Å². The summed E-state index contributed by atoms with van der Waals surface area (Å²) in [7, 11) is 0. The molecule has 0 aliphatic heterocycles. The Kier molecular flexibility index (Phi) is 8.22. The highest BCUT2D eigenvalue weighted by Gasteiger charge is 2.22. The number of phenols is 1. The molecule has 4 heteroatoms. The van der Waals surface area contributed by atoms with Crippen LogP contribution >= 0.6 is 0 Å². The molecular formula is C42H41N3O. The van der Waals surface area contributed by atoms with Crippen LogP contribution in [0.3, 0.4) is 0 Å². The van der Waals surface area contributed by atoms with Gasteiger partial charge in [-0.05, 0) is 93.7 Å². The van der Waals surface area contributed by atoms with Gasteiger partial charge in [-0.3, -0.25) is 4.90 Å². The van der Waals surface area contributed by atoms with Gasteiger partial charge in [0.15, 0.2) is 0 Å². The van der Waals surface area contributed by atoms with Crippen molar-refractivity contribution in [3.05, 3.63) is 145 Å². The van der Waals surface area contributed by atoms with E-state index in [0.717, 1.165) is 45.3 Å². The number of aromatic hydroxyl groups is 1. The normalized spacial score (nSPS) is 11.8. The van der Waals surface area contributed by atoms with E-state index in [9.17, 15) is 5.11 Å². The van der Waals surface area contributed by atoms with Crippen LogP contribution in [-0.4, -0.2) is 15.1 Å². The molecule has 0 radical (unpaired) electrons. The zero-order chi connectivity index (χ0) is 32.5. The molecule has 0 amide bonds. The van der Waals surface area contributed by atoms with Gasteiger partial charge in [-0.15, -0.1) is 0 Å². The minimum absolute atomic E-state index is 0.0207. The van der Waals surface area contributed by atoms with Gasteiger partial charge in [-0.2, -0.15) is 0 Å². The van der Waals surface area contributed by atoms with E-state index in [1.807, 2.05) is 60.8 Å². The Morgan fingerprint density at radius 2 is 1.13 bits per heavy atom. The van der Waals surface area contributed by atoms with Crippen LogP contribution < -0.4 is 4.90 Å². The first-order valence-corrected chi connectivity index (χ1v) is 15.8. The van der Waals surface area contributed by atoms with Gasteiger partial charge in [0.2, 0.25) is 0 Å². The number of rotatable bonds is 6. The monoisotopic (exact) mass is 603 g/mol. The van der Waals surface area contributed by atoms with E-state index in [4.69, 9.17) is 4.98 Å². The zero-order valence-corrected chi connectivity index (χ0v) is 27.5. The van der Waals surface area contributed by atoms with Gasteiger partial charge < -0.3 is 5.11 Å². The molecule has 0 bridgehead atoms. The summed E-state index contributed by atoms with van der Waals surface area (Å²) in [6.45, 7) is 13.6. The predicted octanol–water partition coefficient (Wildman–Crippen LogP) is 11.2. The molecule has 46 heavy (non-hydrogen) atoms. The second-order valence-corrected chi connectivity index (χ2v) is 13.9. The fourth-order valence-corrected chi connectivity index (χ4v) is 5.61. The second-order valence-electron chi connectivity index (χ2n) is 13.9. The number of aromatic nitrogens is 2. The molecule has 6 rings (SSSR count). The zero-order valence-electron chi connectivity index (χ0n) is 27.5. The van der Waals surface area contributed by atoms with Crippen LogP contribution in [0.25, 0.3) is 33.6 Å². The van der Waals surface area contributed by atoms with Crippen molar-refractivity contribution in [1.82, 2.24) is 9.97 Å². The van der Waals surface area contributed by atoms with Crippen molar-refractivity contribution < 1.29 is 5.11 Å². The fourth-order valence-electron chi connectivity index (χ4n) is 5.61. The molecule has 0 fully saturated rings. The molecule has 230 valence electrons. The number of hydrogen-bond acceptors (Lipinski definition) is 4. The van der Waals surface area contributed by atoms with Crippen LogP contribution in [0.2, 0.25) is 0 Å². The first kappa shape index (κ1) is 30.8. The van der Waals surface area contributed by atoms with Gasteiger partial charge >= 0.3 is 0 Å². The molecule has 2 heterocycles. The summed E-state index contributed by atoms with van der Waals surface area (Å²) in [5.41, 5.74) is 9.92. The highest BCUT2D eigenvalue weighted by atomic mass is 16.3. The van der Waals surface area contributed by atoms with E-state index in [2.05, 4.69) is 118 Å². The molecule has 0 saturated heterocycles. The molecule has 0 saturated carbocycles. The average Bonchev–Trinajstić information content (AvgIpc) is 3.05. The highest BCUT2D eigenvalue weighted by molar-refractivity contribution is 5.82. The van der Waals surface area contributed by atoms with E-state index >= 15 is 0 Å². The third-order valence-corrected chi connectivity index (χ3v) is 8.30. The van der Waals surface area contributed by atoms with E-state index in [1.165, 1.54) is 11.1 Å². The minimum Gasteiger partial charge on any atom is -0.507 e. The van der Waals surface area contributed by atoms with Crippen LogP contribution in [0.1, 0.15) is 52.7 Å². The number of nitrogens with zero attached hydrogens (tertiary/aromatic N) is 3. The third-order valence-electron chi connectivity index (χ3n) is 8.30. The first-order chi connectivity index (χ1) is 22.0. The van der Waals surface area contributed by atoms with Gasteiger partial charge in [0.05, 0.1) is 11.4 Å². The van der Waals surface area contributed by atoms with E-state index < -0.39 is 0 Å². The Morgan fingerprint density at radius 1 is 0.522 bits per heavy atom. The molecule has 2 aromatic heterocycles. The summed E-state index contributed by atoms with van der Waals surface area (Å²) in [6.07, 6.45) is 1.82. The molecule has 6 aromatic rings. The second kappa shape index (κ2) is 12.3. The maximum absolute atomic E-state index is 10.9. The van der Waals surface area contributed by atoms with Gasteiger partial charge in [0, 0.05) is 28.7 Å². The summed E-state index contributed by atoms with van der Waals surface area (Å²) >= 11 is 0. The van der Waals surface area contributed by atoms with Crippen molar-refractivity contribution in [1.29, 1.82) is 0 Å². The lowest BCUT2D eigenvalue weighted by molar-refractivity contribution is 0.477. The molecule has 0 aliphatic rings. The van der Waals surface area contributed by atoms with Crippen molar-refractivity contribution in [2.24, 2.45) is 0 Å². The molecule has 1 N–H and O–H groups in total. The van der Waals surface area contributed by atoms with Crippen molar-refractivity contribution in [2.75, 3.05) is 4.90 Å². The Hall–Kier alpha value is -5.22. The third kappa shape index (κ3) is 6.57. The Morgan fingerprint density at radius 3 is 1.78 bits per heavy atom. The van der Waals surface area contributed by atoms with Crippen LogP contribution in [0.5, 0.6) is 5.75 Å². The lowest BCUT2D eigenvalue weighted by Crippen LogP contribution is -2.16. The van der Waals surface area contributed by atoms with Gasteiger partial charge in [-0.25, -0.2) is 9.97 Å². The van der Waals surface area contributed by atoms with Gasteiger partial charge in [0.25, 0.3) is 0 Å².